The van der Waals surface area contributed by atoms with E-state index in [1.165, 1.54) is 6.07 Å². The second-order valence-corrected chi connectivity index (χ2v) is 9.71. The second-order valence-electron chi connectivity index (χ2n) is 6.00. The molecule has 1 aromatic heterocycles. The summed E-state index contributed by atoms with van der Waals surface area (Å²) >= 11 is -0.548. The summed E-state index contributed by atoms with van der Waals surface area (Å²) in [7, 11) is 4.01. The molecule has 5 heteroatoms. The molecule has 0 spiro atoms. The van der Waals surface area contributed by atoms with Crippen molar-refractivity contribution in [1.82, 2.24) is 0 Å². The molecule has 0 radical (unpaired) electrons. The summed E-state index contributed by atoms with van der Waals surface area (Å²) in [6, 6.07) is 6.50. The molecule has 0 atom stereocenters. The van der Waals surface area contributed by atoms with Crippen LogP contribution in [0, 0.1) is 15.2 Å². The predicted molar refractivity (Wildman–Crippen MR) is 83.6 cm³/mol. The summed E-state index contributed by atoms with van der Waals surface area (Å²) in [6.07, 6.45) is 4.04. The maximum atomic E-state index is 14.5. The Bertz CT molecular complexity index is 755. The Kier molecular flexibility index (Phi) is 4.33. The molecule has 1 aliphatic rings. The number of benzene rings is 1. The van der Waals surface area contributed by atoms with Crippen LogP contribution in [0.25, 0.3) is 11.3 Å². The summed E-state index contributed by atoms with van der Waals surface area (Å²) in [4.78, 5) is 2.05. The summed E-state index contributed by atoms with van der Waals surface area (Å²) in [5.74, 6) is -0.924. The molecule has 2 nitrogen and oxygen atoms in total. The van der Waals surface area contributed by atoms with Crippen molar-refractivity contribution in [3.05, 3.63) is 45.7 Å². The Balaban J connectivity index is 2.33. The molecule has 23 heavy (non-hydrogen) atoms. The number of alkyl halides is 1. The number of aromatic nitrogens is 1. The fraction of sp³-hybridized carbons (Fsp3) is 0.389. The Morgan fingerprint density at radius 2 is 1.83 bits per heavy atom. The summed E-state index contributed by atoms with van der Waals surface area (Å²) in [5, 5.41) is 0. The minimum atomic E-state index is -0.548. The van der Waals surface area contributed by atoms with Gasteiger partial charge in [0.1, 0.15) is 0 Å². The number of anilines is 1. The molecule has 0 N–H and O–H groups in total. The first-order chi connectivity index (χ1) is 10.9. The van der Waals surface area contributed by atoms with Crippen LogP contribution in [0.5, 0.6) is 0 Å². The van der Waals surface area contributed by atoms with Gasteiger partial charge in [-0.1, -0.05) is 0 Å². The molecule has 1 aliphatic heterocycles. The average molecular weight is 430 g/mol. The molecule has 1 aromatic carbocycles. The van der Waals surface area contributed by atoms with Gasteiger partial charge >= 0.3 is 146 Å². The van der Waals surface area contributed by atoms with Crippen molar-refractivity contribution in [2.45, 2.75) is 30.2 Å². The van der Waals surface area contributed by atoms with Crippen molar-refractivity contribution in [1.29, 1.82) is 0 Å². The van der Waals surface area contributed by atoms with E-state index in [1.807, 2.05) is 26.2 Å². The standard InChI is InChI=1S/C18H21F2IN2/c1-5-18(6-2)21-15-10-12(19)9-14(20)17(15)16-8-7-13(22(3)4)11-23(16)18/h7-11H,5-6H2,1-4H3. The van der Waals surface area contributed by atoms with Gasteiger partial charge in [-0.25, -0.2) is 0 Å². The maximum absolute atomic E-state index is 14.5. The molecular formula is C18H21F2IN2. The first-order valence-corrected chi connectivity index (χ1v) is 9.96. The van der Waals surface area contributed by atoms with Crippen molar-refractivity contribution >= 4 is 5.69 Å². The van der Waals surface area contributed by atoms with Crippen LogP contribution >= 0.6 is 0 Å². The molecule has 2 aromatic rings. The van der Waals surface area contributed by atoms with Crippen LogP contribution in [0.15, 0.2) is 30.5 Å². The number of hydrogen-bond donors (Lipinski definition) is 0. The van der Waals surface area contributed by atoms with E-state index in [2.05, 4.69) is 29.5 Å². The van der Waals surface area contributed by atoms with Gasteiger partial charge in [-0.15, -0.1) is 0 Å². The number of rotatable bonds is 3. The summed E-state index contributed by atoms with van der Waals surface area (Å²) in [6.45, 7) is 4.34. The number of nitrogens with zero attached hydrogens (tertiary/aromatic N) is 2. The molecule has 0 amide bonds. The Hall–Kier alpha value is -1.24. The van der Waals surface area contributed by atoms with Crippen LogP contribution in [-0.4, -0.2) is 14.1 Å². The molecule has 0 bridgehead atoms. The van der Waals surface area contributed by atoms with Gasteiger partial charge in [0, 0.05) is 0 Å². The van der Waals surface area contributed by atoms with E-state index >= 15 is 0 Å². The van der Waals surface area contributed by atoms with Crippen LogP contribution in [0.1, 0.15) is 26.7 Å². The third-order valence-corrected chi connectivity index (χ3v) is 8.99. The van der Waals surface area contributed by atoms with Gasteiger partial charge in [0.05, 0.1) is 0 Å². The van der Waals surface area contributed by atoms with Crippen LogP contribution in [0.2, 0.25) is 0 Å². The zero-order valence-electron chi connectivity index (χ0n) is 13.8. The number of fused-ring (bicyclic) bond motifs is 3. The SMILES string of the molecule is CCC1(CC)[I-]c2cc(F)cc(F)c2-c2ccc(N(C)C)c[n+]21. The number of halogens is 3. The topological polar surface area (TPSA) is 7.12 Å². The van der Waals surface area contributed by atoms with Gasteiger partial charge in [0.25, 0.3) is 0 Å². The molecule has 0 saturated heterocycles. The Labute approximate surface area is 146 Å². The molecule has 3 rings (SSSR count). The normalized spacial score (nSPS) is 15.4. The molecule has 2 heterocycles. The van der Waals surface area contributed by atoms with Crippen molar-refractivity contribution in [3.63, 3.8) is 0 Å². The second kappa shape index (κ2) is 6.00. The van der Waals surface area contributed by atoms with Crippen LogP contribution in [0.3, 0.4) is 0 Å². The molecular weight excluding hydrogens is 409 g/mol. The Morgan fingerprint density at radius 3 is 2.43 bits per heavy atom. The van der Waals surface area contributed by atoms with E-state index in [1.54, 1.807) is 0 Å². The van der Waals surface area contributed by atoms with Crippen molar-refractivity contribution in [2.75, 3.05) is 19.0 Å². The Morgan fingerprint density at radius 1 is 1.13 bits per heavy atom. The van der Waals surface area contributed by atoms with Crippen LogP contribution in [0.4, 0.5) is 14.5 Å². The van der Waals surface area contributed by atoms with Gasteiger partial charge in [0.15, 0.2) is 0 Å². The molecule has 0 aliphatic carbocycles. The third kappa shape index (κ3) is 2.62. The van der Waals surface area contributed by atoms with Gasteiger partial charge < -0.3 is 0 Å². The van der Waals surface area contributed by atoms with Crippen LogP contribution < -0.4 is 30.7 Å². The van der Waals surface area contributed by atoms with E-state index in [0.717, 1.165) is 33.9 Å². The van der Waals surface area contributed by atoms with E-state index in [4.69, 9.17) is 0 Å². The van der Waals surface area contributed by atoms with Crippen LogP contribution in [-0.2, 0) is 3.55 Å². The fourth-order valence-corrected chi connectivity index (χ4v) is 6.87. The summed E-state index contributed by atoms with van der Waals surface area (Å²) < 4.78 is 31.3. The van der Waals surface area contributed by atoms with E-state index < -0.39 is 32.8 Å². The quantitative estimate of drug-likeness (QED) is 0.396. The predicted octanol–water partition coefficient (Wildman–Crippen LogP) is 0.730. The van der Waals surface area contributed by atoms with Gasteiger partial charge in [0.2, 0.25) is 0 Å². The first-order valence-electron chi connectivity index (χ1n) is 7.80. The third-order valence-electron chi connectivity index (χ3n) is 4.51. The summed E-state index contributed by atoms with van der Waals surface area (Å²) in [5.41, 5.74) is 2.54. The zero-order valence-corrected chi connectivity index (χ0v) is 16.0. The van der Waals surface area contributed by atoms with Crippen molar-refractivity contribution < 1.29 is 34.6 Å². The first kappa shape index (κ1) is 16.6. The molecule has 124 valence electrons. The van der Waals surface area contributed by atoms with Crippen molar-refractivity contribution in [3.8, 4) is 11.3 Å². The van der Waals surface area contributed by atoms with Gasteiger partial charge in [-0.2, -0.15) is 0 Å². The zero-order chi connectivity index (χ0) is 16.8. The fourth-order valence-electron chi connectivity index (χ4n) is 3.11. The van der Waals surface area contributed by atoms with E-state index in [9.17, 15) is 8.78 Å². The minimum absolute atomic E-state index is 0.0343. The molecule has 0 unspecified atom stereocenters. The number of pyridine rings is 1. The monoisotopic (exact) mass is 430 g/mol. The molecule has 0 fully saturated rings. The van der Waals surface area contributed by atoms with Gasteiger partial charge in [-0.05, 0) is 0 Å². The number of hydrogen-bond acceptors (Lipinski definition) is 1. The van der Waals surface area contributed by atoms with Gasteiger partial charge in [-0.3, -0.25) is 0 Å². The average Bonchev–Trinajstić information content (AvgIpc) is 2.52. The van der Waals surface area contributed by atoms with E-state index in [0.29, 0.717) is 5.56 Å². The molecule has 0 saturated carbocycles. The van der Waals surface area contributed by atoms with Crippen molar-refractivity contribution in [2.24, 2.45) is 0 Å². The van der Waals surface area contributed by atoms with E-state index in [-0.39, 0.29) is 3.55 Å².